The summed E-state index contributed by atoms with van der Waals surface area (Å²) >= 11 is 0. The van der Waals surface area contributed by atoms with Crippen LogP contribution in [-0.4, -0.2) is 25.3 Å². The number of hydrogen-bond donors (Lipinski definition) is 2. The van der Waals surface area contributed by atoms with Crippen molar-refractivity contribution in [3.8, 4) is 12.8 Å². The molecule has 0 aliphatic heterocycles. The Bertz CT molecular complexity index is 171. The summed E-state index contributed by atoms with van der Waals surface area (Å²) in [5.41, 5.74) is 5.48. The number of hydrogen-bond acceptors (Lipinski definition) is 4. The lowest BCUT2D eigenvalue weighted by atomic mass is 10.3. The molecule has 15 heavy (non-hydrogen) atoms. The first-order valence-electron chi connectivity index (χ1n) is 4.84. The van der Waals surface area contributed by atoms with Crippen LogP contribution in [0.15, 0.2) is 0 Å². The quantitative estimate of drug-likeness (QED) is 0.280. The van der Waals surface area contributed by atoms with Gasteiger partial charge in [0.05, 0.1) is 6.61 Å². The molecule has 0 aromatic rings. The summed E-state index contributed by atoms with van der Waals surface area (Å²) in [5.74, 6) is -0.0157. The van der Waals surface area contributed by atoms with Crippen LogP contribution < -0.4 is 11.1 Å². The SMILES string of the molecule is C#C.CCNC(=O)CC[C@@H](N)OOCC. The van der Waals surface area contributed by atoms with E-state index >= 15 is 0 Å². The summed E-state index contributed by atoms with van der Waals surface area (Å²) < 4.78 is 0. The molecule has 3 N–H and O–H groups in total. The average Bonchev–Trinajstić information content (AvgIpc) is 2.26. The predicted octanol–water partition coefficient (Wildman–Crippen LogP) is 0.405. The van der Waals surface area contributed by atoms with E-state index in [1.165, 1.54) is 0 Å². The van der Waals surface area contributed by atoms with Crippen molar-refractivity contribution in [3.05, 3.63) is 0 Å². The van der Waals surface area contributed by atoms with Gasteiger partial charge in [-0.15, -0.1) is 12.8 Å². The minimum atomic E-state index is -0.525. The monoisotopic (exact) mass is 216 g/mol. The summed E-state index contributed by atoms with van der Waals surface area (Å²) in [4.78, 5) is 20.3. The van der Waals surface area contributed by atoms with Gasteiger partial charge in [0.1, 0.15) is 6.23 Å². The molecule has 0 unspecified atom stereocenters. The van der Waals surface area contributed by atoms with Gasteiger partial charge < -0.3 is 11.1 Å². The van der Waals surface area contributed by atoms with Crippen molar-refractivity contribution in [2.24, 2.45) is 5.73 Å². The minimum absolute atomic E-state index is 0.0157. The fourth-order valence-electron chi connectivity index (χ4n) is 0.762. The van der Waals surface area contributed by atoms with E-state index in [-0.39, 0.29) is 5.91 Å². The molecule has 0 bridgehead atoms. The zero-order chi connectivity index (χ0) is 12.1. The fourth-order valence-corrected chi connectivity index (χ4v) is 0.762. The van der Waals surface area contributed by atoms with Crippen LogP contribution >= 0.6 is 0 Å². The highest BCUT2D eigenvalue weighted by Gasteiger charge is 2.06. The summed E-state index contributed by atoms with van der Waals surface area (Å²) in [6.07, 6.45) is 8.30. The molecule has 1 amide bonds. The first kappa shape index (κ1) is 16.3. The molecule has 0 heterocycles. The second kappa shape index (κ2) is 12.9. The molecule has 0 saturated heterocycles. The molecule has 0 saturated carbocycles. The summed E-state index contributed by atoms with van der Waals surface area (Å²) in [5, 5.41) is 2.67. The number of carbonyl (C=O) groups is 1. The lowest BCUT2D eigenvalue weighted by molar-refractivity contribution is -0.321. The number of carbonyl (C=O) groups excluding carboxylic acids is 1. The Hall–Kier alpha value is -1.09. The van der Waals surface area contributed by atoms with Crippen LogP contribution in [0, 0.1) is 12.8 Å². The molecule has 88 valence electrons. The molecule has 0 radical (unpaired) electrons. The van der Waals surface area contributed by atoms with Crippen LogP contribution in [0.2, 0.25) is 0 Å². The molecule has 0 aromatic heterocycles. The van der Waals surface area contributed by atoms with Crippen molar-refractivity contribution in [1.82, 2.24) is 5.32 Å². The summed E-state index contributed by atoms with van der Waals surface area (Å²) in [7, 11) is 0. The third kappa shape index (κ3) is 12.9. The largest absolute Gasteiger partial charge is 0.356 e. The number of nitrogens with two attached hydrogens (primary N) is 1. The van der Waals surface area contributed by atoms with Gasteiger partial charge in [0.15, 0.2) is 0 Å². The zero-order valence-electron chi connectivity index (χ0n) is 9.36. The van der Waals surface area contributed by atoms with E-state index in [0.717, 1.165) is 0 Å². The van der Waals surface area contributed by atoms with E-state index < -0.39 is 6.23 Å². The zero-order valence-corrected chi connectivity index (χ0v) is 9.36. The molecule has 0 aliphatic rings. The third-order valence-electron chi connectivity index (χ3n) is 1.34. The van der Waals surface area contributed by atoms with Gasteiger partial charge in [0, 0.05) is 13.0 Å². The van der Waals surface area contributed by atoms with E-state index in [9.17, 15) is 4.79 Å². The molecule has 5 nitrogen and oxygen atoms in total. The Balaban J connectivity index is 0. The molecule has 5 heteroatoms. The minimum Gasteiger partial charge on any atom is -0.356 e. The van der Waals surface area contributed by atoms with Gasteiger partial charge in [-0.2, -0.15) is 0 Å². The third-order valence-corrected chi connectivity index (χ3v) is 1.34. The Morgan fingerprint density at radius 3 is 2.53 bits per heavy atom. The van der Waals surface area contributed by atoms with E-state index in [4.69, 9.17) is 10.6 Å². The summed E-state index contributed by atoms with van der Waals surface area (Å²) in [6.45, 7) is 4.76. The van der Waals surface area contributed by atoms with Crippen LogP contribution in [0.25, 0.3) is 0 Å². The highest BCUT2D eigenvalue weighted by molar-refractivity contribution is 5.75. The van der Waals surface area contributed by atoms with Crippen LogP contribution in [0.4, 0.5) is 0 Å². The maximum absolute atomic E-state index is 11.0. The van der Waals surface area contributed by atoms with Gasteiger partial charge in [-0.1, -0.05) is 0 Å². The Morgan fingerprint density at radius 2 is 2.07 bits per heavy atom. The number of terminal acetylenes is 1. The van der Waals surface area contributed by atoms with Crippen molar-refractivity contribution in [1.29, 1.82) is 0 Å². The second-order valence-corrected chi connectivity index (χ2v) is 2.53. The highest BCUT2D eigenvalue weighted by atomic mass is 17.2. The lowest BCUT2D eigenvalue weighted by Gasteiger charge is -2.10. The molecule has 1 atom stereocenters. The van der Waals surface area contributed by atoms with Crippen LogP contribution in [0.1, 0.15) is 26.7 Å². The van der Waals surface area contributed by atoms with E-state index in [0.29, 0.717) is 26.0 Å². The molecular formula is C10H20N2O3. The van der Waals surface area contributed by atoms with Crippen molar-refractivity contribution < 1.29 is 14.6 Å². The van der Waals surface area contributed by atoms with Crippen molar-refractivity contribution in [3.63, 3.8) is 0 Å². The molecule has 0 fully saturated rings. The maximum atomic E-state index is 11.0. The Morgan fingerprint density at radius 1 is 1.47 bits per heavy atom. The van der Waals surface area contributed by atoms with Crippen molar-refractivity contribution >= 4 is 5.91 Å². The van der Waals surface area contributed by atoms with Gasteiger partial charge in [-0.05, 0) is 20.3 Å². The number of nitrogens with one attached hydrogen (secondary N) is 1. The fraction of sp³-hybridized carbons (Fsp3) is 0.700. The highest BCUT2D eigenvalue weighted by Crippen LogP contribution is 1.96. The van der Waals surface area contributed by atoms with Crippen molar-refractivity contribution in [2.45, 2.75) is 32.9 Å². The van der Waals surface area contributed by atoms with Crippen LogP contribution in [-0.2, 0) is 14.6 Å². The van der Waals surface area contributed by atoms with Gasteiger partial charge in [-0.25, -0.2) is 9.78 Å². The smallest absolute Gasteiger partial charge is 0.220 e. The van der Waals surface area contributed by atoms with Gasteiger partial charge in [0.25, 0.3) is 0 Å². The summed E-state index contributed by atoms with van der Waals surface area (Å²) in [6, 6.07) is 0. The number of rotatable bonds is 7. The second-order valence-electron chi connectivity index (χ2n) is 2.53. The van der Waals surface area contributed by atoms with Gasteiger partial charge >= 0.3 is 0 Å². The van der Waals surface area contributed by atoms with Gasteiger partial charge in [-0.3, -0.25) is 4.79 Å². The van der Waals surface area contributed by atoms with Crippen molar-refractivity contribution in [2.75, 3.05) is 13.2 Å². The standard InChI is InChI=1S/C8H18N2O3.C2H2/c1-3-10-8(11)6-5-7(9)13-12-4-2;1-2/h7H,3-6,9H2,1-2H3,(H,10,11);1-2H/t7-;/m0./s1. The molecule has 0 aliphatic carbocycles. The van der Waals surface area contributed by atoms with E-state index in [2.05, 4.69) is 23.1 Å². The molecular weight excluding hydrogens is 196 g/mol. The Labute approximate surface area is 91.2 Å². The average molecular weight is 216 g/mol. The maximum Gasteiger partial charge on any atom is 0.220 e. The molecule has 0 spiro atoms. The number of amides is 1. The first-order chi connectivity index (χ1) is 7.20. The topological polar surface area (TPSA) is 73.6 Å². The van der Waals surface area contributed by atoms with Crippen LogP contribution in [0.3, 0.4) is 0 Å². The Kier molecular flexibility index (Phi) is 14.1. The van der Waals surface area contributed by atoms with Crippen LogP contribution in [0.5, 0.6) is 0 Å². The van der Waals surface area contributed by atoms with E-state index in [1.54, 1.807) is 6.92 Å². The lowest BCUT2D eigenvalue weighted by Crippen LogP contribution is -2.28. The normalized spacial score (nSPS) is 11.0. The van der Waals surface area contributed by atoms with E-state index in [1.807, 2.05) is 6.92 Å². The van der Waals surface area contributed by atoms with Gasteiger partial charge in [0.2, 0.25) is 5.91 Å². The predicted molar refractivity (Wildman–Crippen MR) is 58.5 cm³/mol. The first-order valence-corrected chi connectivity index (χ1v) is 4.84. The molecule has 0 rings (SSSR count). The molecule has 0 aromatic carbocycles.